The second-order valence-corrected chi connectivity index (χ2v) is 8.75. The van der Waals surface area contributed by atoms with Gasteiger partial charge in [-0.05, 0) is 37.7 Å². The number of nitrogens with one attached hydrogen (secondary N) is 2. The van der Waals surface area contributed by atoms with Crippen molar-refractivity contribution in [3.63, 3.8) is 0 Å². The van der Waals surface area contributed by atoms with E-state index in [1.807, 2.05) is 31.3 Å². The Hall–Kier alpha value is -3.36. The Morgan fingerprint density at radius 2 is 1.91 bits per heavy atom. The molecule has 2 aliphatic rings. The molecular formula is C25H30N6O2. The summed E-state index contributed by atoms with van der Waals surface area (Å²) in [7, 11) is 2.17. The van der Waals surface area contributed by atoms with Crippen molar-refractivity contribution in [2.24, 2.45) is 0 Å². The lowest BCUT2D eigenvalue weighted by atomic mass is 10.1. The number of piperazine rings is 1. The van der Waals surface area contributed by atoms with Gasteiger partial charge in [-0.15, -0.1) is 0 Å². The molecule has 2 aromatic heterocycles. The van der Waals surface area contributed by atoms with Gasteiger partial charge in [0.05, 0.1) is 11.9 Å². The lowest BCUT2D eigenvalue weighted by Gasteiger charge is -2.32. The molecule has 1 saturated heterocycles. The highest BCUT2D eigenvalue weighted by Crippen LogP contribution is 2.33. The molecule has 4 heterocycles. The maximum absolute atomic E-state index is 12.8. The van der Waals surface area contributed by atoms with Gasteiger partial charge >= 0.3 is 0 Å². The lowest BCUT2D eigenvalue weighted by molar-refractivity contribution is 0.148. The van der Waals surface area contributed by atoms with E-state index < -0.39 is 0 Å². The van der Waals surface area contributed by atoms with E-state index in [9.17, 15) is 4.79 Å². The van der Waals surface area contributed by atoms with Gasteiger partial charge in [0.2, 0.25) is 5.88 Å². The number of pyridine rings is 2. The number of ether oxygens (including phenoxy) is 1. The first-order chi connectivity index (χ1) is 16.1. The van der Waals surface area contributed by atoms with Crippen LogP contribution in [-0.2, 0) is 6.54 Å². The van der Waals surface area contributed by atoms with E-state index >= 15 is 0 Å². The standard InChI is InChI=1S/C25H30N6O2/c1-18-22(16-27-25-24(18)26-8-14-33-25)28-20-7-9-31(23(32)15-20)21-5-3-19(4-6-21)17-30-12-10-29(2)11-13-30/h3-7,9,15-16,26,28H,8,10-14,17H2,1-2H3. The molecule has 0 radical (unpaired) electrons. The highest BCUT2D eigenvalue weighted by atomic mass is 16.5. The van der Waals surface area contributed by atoms with Gasteiger partial charge in [0.15, 0.2) is 0 Å². The van der Waals surface area contributed by atoms with Crippen molar-refractivity contribution in [3.8, 4) is 11.6 Å². The monoisotopic (exact) mass is 446 g/mol. The van der Waals surface area contributed by atoms with Crippen molar-refractivity contribution < 1.29 is 4.74 Å². The predicted octanol–water partition coefficient (Wildman–Crippen LogP) is 2.84. The molecule has 0 atom stereocenters. The molecule has 172 valence electrons. The Morgan fingerprint density at radius 3 is 2.67 bits per heavy atom. The Kier molecular flexibility index (Phi) is 6.02. The molecule has 0 unspecified atom stereocenters. The maximum Gasteiger partial charge on any atom is 0.257 e. The van der Waals surface area contributed by atoms with Crippen LogP contribution in [0.25, 0.3) is 5.69 Å². The first kappa shape index (κ1) is 21.5. The van der Waals surface area contributed by atoms with Gasteiger partial charge in [-0.2, -0.15) is 0 Å². The van der Waals surface area contributed by atoms with Crippen LogP contribution in [0.15, 0.2) is 53.6 Å². The number of anilines is 3. The zero-order valence-corrected chi connectivity index (χ0v) is 19.2. The molecule has 0 spiro atoms. The van der Waals surface area contributed by atoms with Crippen molar-refractivity contribution in [2.75, 3.05) is 57.0 Å². The molecule has 8 nitrogen and oxygen atoms in total. The van der Waals surface area contributed by atoms with Crippen LogP contribution in [-0.4, -0.2) is 65.7 Å². The first-order valence-corrected chi connectivity index (χ1v) is 11.4. The number of rotatable bonds is 5. The molecule has 0 amide bonds. The number of aromatic nitrogens is 2. The minimum atomic E-state index is -0.0863. The third-order valence-corrected chi connectivity index (χ3v) is 6.36. The topological polar surface area (TPSA) is 74.7 Å². The molecule has 0 saturated carbocycles. The summed E-state index contributed by atoms with van der Waals surface area (Å²) < 4.78 is 7.25. The van der Waals surface area contributed by atoms with Crippen LogP contribution in [0.3, 0.4) is 0 Å². The smallest absolute Gasteiger partial charge is 0.257 e. The van der Waals surface area contributed by atoms with E-state index in [1.54, 1.807) is 16.8 Å². The minimum absolute atomic E-state index is 0.0863. The summed E-state index contributed by atoms with van der Waals surface area (Å²) in [5.41, 5.74) is 5.53. The fourth-order valence-electron chi connectivity index (χ4n) is 4.30. The largest absolute Gasteiger partial charge is 0.474 e. The minimum Gasteiger partial charge on any atom is -0.474 e. The van der Waals surface area contributed by atoms with E-state index in [0.29, 0.717) is 12.5 Å². The van der Waals surface area contributed by atoms with Crippen molar-refractivity contribution in [2.45, 2.75) is 13.5 Å². The van der Waals surface area contributed by atoms with Crippen LogP contribution in [0.2, 0.25) is 0 Å². The molecule has 1 aromatic carbocycles. The second kappa shape index (κ2) is 9.25. The summed E-state index contributed by atoms with van der Waals surface area (Å²) in [6, 6.07) is 11.8. The van der Waals surface area contributed by atoms with Crippen molar-refractivity contribution >= 4 is 17.1 Å². The SMILES string of the molecule is Cc1c(Nc2ccn(-c3ccc(CN4CCN(C)CC4)cc3)c(=O)c2)cnc2c1NCCO2. The first-order valence-electron chi connectivity index (χ1n) is 11.4. The van der Waals surface area contributed by atoms with Crippen LogP contribution in [0.4, 0.5) is 17.1 Å². The van der Waals surface area contributed by atoms with Crippen LogP contribution < -0.4 is 20.9 Å². The van der Waals surface area contributed by atoms with Crippen LogP contribution in [0.1, 0.15) is 11.1 Å². The molecule has 1 fully saturated rings. The highest BCUT2D eigenvalue weighted by Gasteiger charge is 2.17. The molecule has 0 bridgehead atoms. The van der Waals surface area contributed by atoms with E-state index in [4.69, 9.17) is 4.74 Å². The molecule has 3 aromatic rings. The number of likely N-dealkylation sites (N-methyl/N-ethyl adjacent to an activating group) is 1. The van der Waals surface area contributed by atoms with Crippen LogP contribution in [0.5, 0.6) is 5.88 Å². The van der Waals surface area contributed by atoms with Crippen LogP contribution >= 0.6 is 0 Å². The second-order valence-electron chi connectivity index (χ2n) is 8.75. The normalized spacial score (nSPS) is 16.5. The van der Waals surface area contributed by atoms with Crippen molar-refractivity contribution in [1.82, 2.24) is 19.4 Å². The summed E-state index contributed by atoms with van der Waals surface area (Å²) in [6.07, 6.45) is 3.55. The van der Waals surface area contributed by atoms with Gasteiger partial charge < -0.3 is 20.3 Å². The number of fused-ring (bicyclic) bond motifs is 1. The summed E-state index contributed by atoms with van der Waals surface area (Å²) >= 11 is 0. The van der Waals surface area contributed by atoms with Crippen LogP contribution in [0, 0.1) is 6.92 Å². The quantitative estimate of drug-likeness (QED) is 0.624. The number of nitrogens with zero attached hydrogens (tertiary/aromatic N) is 4. The zero-order chi connectivity index (χ0) is 22.8. The summed E-state index contributed by atoms with van der Waals surface area (Å²) in [4.78, 5) is 22.1. The Labute approximate surface area is 193 Å². The zero-order valence-electron chi connectivity index (χ0n) is 19.2. The molecule has 8 heteroatoms. The van der Waals surface area contributed by atoms with E-state index in [-0.39, 0.29) is 5.56 Å². The van der Waals surface area contributed by atoms with E-state index in [2.05, 4.69) is 44.6 Å². The molecule has 2 N–H and O–H groups in total. The number of hydrogen-bond acceptors (Lipinski definition) is 7. The Balaban J connectivity index is 1.29. The molecule has 33 heavy (non-hydrogen) atoms. The summed E-state index contributed by atoms with van der Waals surface area (Å²) in [6.45, 7) is 8.72. The van der Waals surface area contributed by atoms with Gasteiger partial charge in [-0.1, -0.05) is 12.1 Å². The average Bonchev–Trinajstić information content (AvgIpc) is 2.83. The third kappa shape index (κ3) is 4.72. The molecule has 5 rings (SSSR count). The van der Waals surface area contributed by atoms with Gasteiger partial charge in [-0.25, -0.2) is 4.98 Å². The highest BCUT2D eigenvalue weighted by molar-refractivity contribution is 5.73. The van der Waals surface area contributed by atoms with Gasteiger partial charge in [0, 0.05) is 68.5 Å². The summed E-state index contributed by atoms with van der Waals surface area (Å²) in [5.74, 6) is 0.621. The Bertz CT molecular complexity index is 1180. The average molecular weight is 447 g/mol. The molecule has 0 aliphatic carbocycles. The van der Waals surface area contributed by atoms with Gasteiger partial charge in [-0.3, -0.25) is 14.3 Å². The maximum atomic E-state index is 12.8. The number of hydrogen-bond donors (Lipinski definition) is 2. The Morgan fingerprint density at radius 1 is 1.12 bits per heavy atom. The van der Waals surface area contributed by atoms with Gasteiger partial charge in [0.25, 0.3) is 5.56 Å². The lowest BCUT2D eigenvalue weighted by Crippen LogP contribution is -2.43. The van der Waals surface area contributed by atoms with Crippen molar-refractivity contribution in [3.05, 3.63) is 70.3 Å². The fraction of sp³-hybridized carbons (Fsp3) is 0.360. The fourth-order valence-corrected chi connectivity index (χ4v) is 4.30. The third-order valence-electron chi connectivity index (χ3n) is 6.36. The summed E-state index contributed by atoms with van der Waals surface area (Å²) in [5, 5.41) is 6.65. The van der Waals surface area contributed by atoms with Gasteiger partial charge in [0.1, 0.15) is 12.3 Å². The predicted molar refractivity (Wildman–Crippen MR) is 131 cm³/mol. The van der Waals surface area contributed by atoms with E-state index in [0.717, 1.165) is 67.6 Å². The van der Waals surface area contributed by atoms with Crippen molar-refractivity contribution in [1.29, 1.82) is 0 Å². The number of benzene rings is 1. The molecule has 2 aliphatic heterocycles. The van der Waals surface area contributed by atoms with E-state index in [1.165, 1.54) is 5.56 Å². The molecular weight excluding hydrogens is 416 g/mol.